The first-order valence-corrected chi connectivity index (χ1v) is 17.0. The van der Waals surface area contributed by atoms with Gasteiger partial charge in [-0.25, -0.2) is 19.1 Å². The number of carboxylic acid groups (broad SMARTS) is 3. The summed E-state index contributed by atoms with van der Waals surface area (Å²) in [5.74, 6) is -7.92. The Labute approximate surface area is 318 Å². The van der Waals surface area contributed by atoms with Crippen LogP contribution in [-0.4, -0.2) is 85.1 Å². The van der Waals surface area contributed by atoms with E-state index in [0.29, 0.717) is 24.4 Å². The summed E-state index contributed by atoms with van der Waals surface area (Å²) in [4.78, 5) is 67.2. The molecule has 0 spiro atoms. The number of β-lactam (4-membered cyclic amide) rings is 1. The predicted octanol–water partition coefficient (Wildman–Crippen LogP) is 1.42. The number of aromatic nitrogens is 2. The number of nitrogens with one attached hydrogen (secondary N) is 1. The number of fused-ring (bicyclic) bond motifs is 1. The van der Waals surface area contributed by atoms with Gasteiger partial charge in [-0.05, 0) is 11.1 Å². The third kappa shape index (κ3) is 12.0. The zero-order valence-electron chi connectivity index (χ0n) is 27.3. The van der Waals surface area contributed by atoms with E-state index in [9.17, 15) is 45.8 Å². The van der Waals surface area contributed by atoms with Gasteiger partial charge in [-0.3, -0.25) is 14.5 Å². The number of hydrogen-bond donors (Lipinski definition) is 5. The molecule has 2 atom stereocenters. The number of anilines is 1. The number of pyridine rings is 1. The SMILES string of the molecule is NCc1ccc(CO/N=C(\C(=O)N[C@@H]2C(=O)N3C(C(=O)O)=C(C[n+]4ccccc4)CS[C@@H]23)c2nc(N)sc2Cl)cc1.O=C(O)C(F)(F)F.O=C([O-])C(F)(F)F. The Hall–Kier alpha value is -5.46. The molecule has 1 fully saturated rings. The Balaban J connectivity index is 0.000000494. The van der Waals surface area contributed by atoms with Crippen LogP contribution in [0, 0.1) is 0 Å². The van der Waals surface area contributed by atoms with Gasteiger partial charge in [-0.2, -0.15) is 26.3 Å². The van der Waals surface area contributed by atoms with E-state index in [1.807, 2.05) is 59.4 Å². The average Bonchev–Trinajstić information content (AvgIpc) is 3.45. The van der Waals surface area contributed by atoms with Gasteiger partial charge in [0.1, 0.15) is 39.7 Å². The van der Waals surface area contributed by atoms with Gasteiger partial charge in [0.25, 0.3) is 11.8 Å². The number of nitrogens with two attached hydrogens (primary N) is 2. The number of rotatable bonds is 10. The van der Waals surface area contributed by atoms with E-state index in [1.54, 1.807) is 0 Å². The van der Waals surface area contributed by atoms with Gasteiger partial charge in [0.15, 0.2) is 29.8 Å². The zero-order chi connectivity index (χ0) is 41.2. The standard InChI is InChI=1S/C26H24ClN7O5S2.2C2HF3O2/c27-21-17(31-26(29)41-21)18(32-39-12-15-6-4-14(10-28)5-7-15)22(35)30-19-23(36)34-20(25(37)38)16(13-40-24(19)34)11-33-8-2-1-3-9-33;2*3-2(4,5)1(6)7/h1-9,19,24H,10-13,28H2,(H3-,29,30,31,35,37,38);2*(H,6,7)/b32-18-;;/t19-,24+;;/m1../s1. The first-order chi connectivity index (χ1) is 25.6. The van der Waals surface area contributed by atoms with E-state index in [1.165, 1.54) is 16.7 Å². The Morgan fingerprint density at radius 1 is 1.05 bits per heavy atom. The number of thiazole rings is 1. The molecule has 2 aliphatic heterocycles. The van der Waals surface area contributed by atoms with Crippen LogP contribution < -0.4 is 26.5 Å². The fourth-order valence-electron chi connectivity index (χ4n) is 4.37. The molecule has 1 aromatic carbocycles. The summed E-state index contributed by atoms with van der Waals surface area (Å²) < 4.78 is 65.2. The van der Waals surface area contributed by atoms with Crippen LogP contribution in [0.5, 0.6) is 0 Å². The molecule has 5 rings (SSSR count). The molecule has 2 aliphatic rings. The van der Waals surface area contributed by atoms with Crippen molar-refractivity contribution in [1.29, 1.82) is 0 Å². The molecule has 4 heterocycles. The highest BCUT2D eigenvalue weighted by Gasteiger charge is 2.55. The number of thioether (sulfide) groups is 1. The Bertz CT molecular complexity index is 1940. The maximum atomic E-state index is 13.4. The maximum Gasteiger partial charge on any atom is 0.490 e. The predicted molar refractivity (Wildman–Crippen MR) is 178 cm³/mol. The van der Waals surface area contributed by atoms with Crippen molar-refractivity contribution in [3.63, 3.8) is 0 Å². The van der Waals surface area contributed by atoms with E-state index in [2.05, 4.69) is 15.5 Å². The van der Waals surface area contributed by atoms with Crippen molar-refractivity contribution in [2.75, 3.05) is 11.5 Å². The van der Waals surface area contributed by atoms with Crippen LogP contribution in [0.4, 0.5) is 31.5 Å². The monoisotopic (exact) mass is 841 g/mol. The van der Waals surface area contributed by atoms with Gasteiger partial charge < -0.3 is 41.7 Å². The van der Waals surface area contributed by atoms with E-state index in [-0.39, 0.29) is 33.2 Å². The second-order valence-corrected chi connectivity index (χ2v) is 13.4. The van der Waals surface area contributed by atoms with E-state index in [4.69, 9.17) is 47.7 Å². The number of oxime groups is 1. The van der Waals surface area contributed by atoms with E-state index < -0.39 is 53.5 Å². The Morgan fingerprint density at radius 3 is 2.09 bits per heavy atom. The molecule has 16 nitrogen and oxygen atoms in total. The lowest BCUT2D eigenvalue weighted by Gasteiger charge is -2.49. The first-order valence-electron chi connectivity index (χ1n) is 14.8. The molecule has 0 aliphatic carbocycles. The molecule has 0 radical (unpaired) electrons. The molecule has 2 amide bonds. The Morgan fingerprint density at radius 2 is 1.62 bits per heavy atom. The van der Waals surface area contributed by atoms with Crippen molar-refractivity contribution in [1.82, 2.24) is 15.2 Å². The van der Waals surface area contributed by atoms with Gasteiger partial charge in [-0.1, -0.05) is 58.4 Å². The highest BCUT2D eigenvalue weighted by atomic mass is 35.5. The van der Waals surface area contributed by atoms with Crippen LogP contribution in [0.1, 0.15) is 16.8 Å². The summed E-state index contributed by atoms with van der Waals surface area (Å²) in [6, 6.07) is 11.9. The minimum atomic E-state index is -5.19. The molecule has 3 aromatic rings. The van der Waals surface area contributed by atoms with Crippen LogP contribution >= 0.6 is 34.7 Å². The number of aliphatic carboxylic acids is 3. The van der Waals surface area contributed by atoms with Gasteiger partial charge in [0.05, 0.1) is 0 Å². The van der Waals surface area contributed by atoms with Gasteiger partial charge in [-0.15, -0.1) is 11.8 Å². The molecule has 25 heteroatoms. The quantitative estimate of drug-likeness (QED) is 0.0638. The van der Waals surface area contributed by atoms with Crippen molar-refractivity contribution in [3.8, 4) is 0 Å². The number of carbonyl (C=O) groups excluding carboxylic acids is 3. The van der Waals surface area contributed by atoms with Crippen LogP contribution in [0.3, 0.4) is 0 Å². The number of amides is 2. The van der Waals surface area contributed by atoms with Crippen molar-refractivity contribution >= 4 is 75.3 Å². The highest BCUT2D eigenvalue weighted by Crippen LogP contribution is 2.40. The van der Waals surface area contributed by atoms with Gasteiger partial charge in [0.2, 0.25) is 0 Å². The van der Waals surface area contributed by atoms with Crippen LogP contribution in [-0.2, 0) is 48.5 Å². The number of carboxylic acids is 3. The summed E-state index contributed by atoms with van der Waals surface area (Å²) in [7, 11) is 0. The second kappa shape index (κ2) is 18.7. The summed E-state index contributed by atoms with van der Waals surface area (Å²) in [5, 5.41) is 32.0. The zero-order valence-corrected chi connectivity index (χ0v) is 29.7. The fourth-order valence-corrected chi connectivity index (χ4v) is 6.64. The summed E-state index contributed by atoms with van der Waals surface area (Å²) in [6.07, 6.45) is -6.64. The average molecular weight is 842 g/mol. The number of benzene rings is 1. The molecule has 2 aromatic heterocycles. The minimum Gasteiger partial charge on any atom is -0.542 e. The molecule has 0 bridgehead atoms. The van der Waals surface area contributed by atoms with E-state index in [0.717, 1.165) is 22.5 Å². The lowest BCUT2D eigenvalue weighted by Crippen LogP contribution is -2.71. The fraction of sp³-hybridized carbons (Fsp3) is 0.267. The third-order valence-electron chi connectivity index (χ3n) is 6.85. The first kappa shape index (κ1) is 43.9. The van der Waals surface area contributed by atoms with Gasteiger partial charge >= 0.3 is 24.3 Å². The molecule has 1 saturated heterocycles. The van der Waals surface area contributed by atoms with Crippen molar-refractivity contribution < 1.29 is 75.0 Å². The summed E-state index contributed by atoms with van der Waals surface area (Å²) >= 11 is 8.59. The third-order valence-corrected chi connectivity index (χ3v) is 9.27. The molecule has 0 unspecified atom stereocenters. The topological polar surface area (TPSA) is 255 Å². The number of nitrogens with zero attached hydrogens (tertiary/aromatic N) is 4. The molecular formula is C30H26ClF6N7O9S2. The number of carbonyl (C=O) groups is 5. The van der Waals surface area contributed by atoms with Gasteiger partial charge in [0, 0.05) is 30.0 Å². The smallest absolute Gasteiger partial charge is 0.490 e. The van der Waals surface area contributed by atoms with Crippen molar-refractivity contribution in [2.45, 2.75) is 43.5 Å². The number of alkyl halides is 6. The van der Waals surface area contributed by atoms with Crippen LogP contribution in [0.25, 0.3) is 0 Å². The van der Waals surface area contributed by atoms with Crippen molar-refractivity contribution in [3.05, 3.63) is 87.3 Å². The summed E-state index contributed by atoms with van der Waals surface area (Å²) in [5.41, 5.74) is 13.4. The second-order valence-electron chi connectivity index (χ2n) is 10.7. The lowest BCUT2D eigenvalue weighted by molar-refractivity contribution is -0.689. The molecule has 296 valence electrons. The Kier molecular flexibility index (Phi) is 15.0. The molecule has 55 heavy (non-hydrogen) atoms. The van der Waals surface area contributed by atoms with E-state index >= 15 is 0 Å². The minimum absolute atomic E-state index is 0.0124. The van der Waals surface area contributed by atoms with Crippen LogP contribution in [0.2, 0.25) is 4.34 Å². The number of hydrogen-bond acceptors (Lipinski definition) is 13. The lowest BCUT2D eigenvalue weighted by atomic mass is 10.0. The molecule has 7 N–H and O–H groups in total. The molecular weight excluding hydrogens is 816 g/mol. The maximum absolute atomic E-state index is 13.4. The number of nitrogen functional groups attached to an aromatic ring is 1. The molecule has 0 saturated carbocycles. The number of halogens is 7. The van der Waals surface area contributed by atoms with Crippen LogP contribution in [0.15, 0.2) is 71.3 Å². The highest BCUT2D eigenvalue weighted by molar-refractivity contribution is 8.00. The summed E-state index contributed by atoms with van der Waals surface area (Å²) in [6.45, 7) is 0.763. The normalized spacial score (nSPS) is 16.7. The largest absolute Gasteiger partial charge is 0.542 e. The van der Waals surface area contributed by atoms with Crippen molar-refractivity contribution in [2.24, 2.45) is 10.9 Å².